The maximum atomic E-state index is 11.6. The number of rotatable bonds is 8. The summed E-state index contributed by atoms with van der Waals surface area (Å²) < 4.78 is 5.29. The van der Waals surface area contributed by atoms with Gasteiger partial charge in [0, 0.05) is 18.7 Å². The van der Waals surface area contributed by atoms with E-state index in [2.05, 4.69) is 11.9 Å². The number of aryl methyl sites for hydroxylation is 1. The van der Waals surface area contributed by atoms with E-state index in [1.807, 2.05) is 31.2 Å². The largest absolute Gasteiger partial charge is 0.399 e. The van der Waals surface area contributed by atoms with Crippen molar-refractivity contribution in [1.29, 1.82) is 0 Å². The van der Waals surface area contributed by atoms with Crippen LogP contribution in [0.1, 0.15) is 18.9 Å². The summed E-state index contributed by atoms with van der Waals surface area (Å²) in [4.78, 5) is 11.6. The number of benzene rings is 1. The third kappa shape index (κ3) is 6.62. The molecule has 1 aromatic rings. The lowest BCUT2D eigenvalue weighted by atomic mass is 10.1. The Morgan fingerprint density at radius 2 is 2.16 bits per heavy atom. The van der Waals surface area contributed by atoms with Crippen molar-refractivity contribution in [3.05, 3.63) is 42.0 Å². The van der Waals surface area contributed by atoms with Crippen LogP contribution in [0.3, 0.4) is 0 Å². The third-order valence-electron chi connectivity index (χ3n) is 2.59. The number of carbonyl (C=O) groups is 1. The summed E-state index contributed by atoms with van der Waals surface area (Å²) in [6.07, 6.45) is 1.10. The van der Waals surface area contributed by atoms with Crippen LogP contribution in [-0.2, 0) is 16.0 Å². The van der Waals surface area contributed by atoms with Gasteiger partial charge in [0.05, 0.1) is 13.2 Å². The predicted octanol–water partition coefficient (Wildman–Crippen LogP) is 1.91. The Labute approximate surface area is 114 Å². The molecule has 3 N–H and O–H groups in total. The minimum absolute atomic E-state index is 0.0159. The number of hydrogen-bond donors (Lipinski definition) is 2. The van der Waals surface area contributed by atoms with Crippen molar-refractivity contribution < 1.29 is 9.53 Å². The molecule has 0 aromatic heterocycles. The van der Waals surface area contributed by atoms with Gasteiger partial charge in [0.2, 0.25) is 5.91 Å². The van der Waals surface area contributed by atoms with Gasteiger partial charge in [0.15, 0.2) is 0 Å². The molecule has 0 unspecified atom stereocenters. The van der Waals surface area contributed by atoms with Crippen LogP contribution in [0.4, 0.5) is 5.69 Å². The summed E-state index contributed by atoms with van der Waals surface area (Å²) in [6, 6.07) is 7.60. The summed E-state index contributed by atoms with van der Waals surface area (Å²) in [5.74, 6) is 0.0159. The number of nitrogens with one attached hydrogen (secondary N) is 1. The average molecular weight is 262 g/mol. The number of nitrogens with two attached hydrogens (primary N) is 1. The Balaban J connectivity index is 2.15. The van der Waals surface area contributed by atoms with E-state index in [-0.39, 0.29) is 5.91 Å². The van der Waals surface area contributed by atoms with Crippen LogP contribution in [0, 0.1) is 0 Å². The lowest BCUT2D eigenvalue weighted by Gasteiger charge is -2.07. The number of anilines is 1. The first kappa shape index (κ1) is 15.2. The molecule has 0 aliphatic rings. The van der Waals surface area contributed by atoms with Gasteiger partial charge in [-0.2, -0.15) is 0 Å². The first-order valence-corrected chi connectivity index (χ1v) is 6.42. The highest BCUT2D eigenvalue weighted by molar-refractivity contribution is 5.76. The second-order valence-electron chi connectivity index (χ2n) is 4.56. The summed E-state index contributed by atoms with van der Waals surface area (Å²) >= 11 is 0. The molecular weight excluding hydrogens is 240 g/mol. The molecule has 0 spiro atoms. The van der Waals surface area contributed by atoms with Crippen LogP contribution in [0.15, 0.2) is 36.4 Å². The van der Waals surface area contributed by atoms with Gasteiger partial charge in [0.25, 0.3) is 0 Å². The Morgan fingerprint density at radius 3 is 2.84 bits per heavy atom. The Kier molecular flexibility index (Phi) is 6.68. The number of amides is 1. The van der Waals surface area contributed by atoms with Crippen molar-refractivity contribution in [2.75, 3.05) is 25.5 Å². The van der Waals surface area contributed by atoms with Gasteiger partial charge < -0.3 is 15.8 Å². The molecule has 0 aliphatic heterocycles. The third-order valence-corrected chi connectivity index (χ3v) is 2.59. The molecule has 0 radical (unpaired) electrons. The quantitative estimate of drug-likeness (QED) is 0.427. The maximum Gasteiger partial charge on any atom is 0.220 e. The Morgan fingerprint density at radius 1 is 1.42 bits per heavy atom. The van der Waals surface area contributed by atoms with E-state index in [0.29, 0.717) is 32.6 Å². The monoisotopic (exact) mass is 262 g/mol. The molecule has 4 nitrogen and oxygen atoms in total. The second-order valence-corrected chi connectivity index (χ2v) is 4.56. The summed E-state index contributed by atoms with van der Waals surface area (Å²) in [7, 11) is 0. The zero-order chi connectivity index (χ0) is 14.1. The van der Waals surface area contributed by atoms with Crippen LogP contribution in [-0.4, -0.2) is 25.7 Å². The zero-order valence-corrected chi connectivity index (χ0v) is 11.4. The lowest BCUT2D eigenvalue weighted by Crippen LogP contribution is -2.27. The highest BCUT2D eigenvalue weighted by Gasteiger charge is 2.03. The van der Waals surface area contributed by atoms with E-state index in [9.17, 15) is 4.79 Å². The number of para-hydroxylation sites is 1. The molecule has 0 aliphatic carbocycles. The van der Waals surface area contributed by atoms with E-state index >= 15 is 0 Å². The molecule has 0 heterocycles. The van der Waals surface area contributed by atoms with Crippen molar-refractivity contribution in [3.8, 4) is 0 Å². The molecule has 4 heteroatoms. The SMILES string of the molecule is C=C(C)COCCNC(=O)CCc1ccccc1N. The first-order chi connectivity index (χ1) is 9.09. The van der Waals surface area contributed by atoms with Crippen LogP contribution in [0.5, 0.6) is 0 Å². The molecule has 1 aromatic carbocycles. The molecule has 19 heavy (non-hydrogen) atoms. The standard InChI is InChI=1S/C15H22N2O2/c1-12(2)11-19-10-9-17-15(18)8-7-13-5-3-4-6-14(13)16/h3-6H,1,7-11,16H2,2H3,(H,17,18). The Bertz CT molecular complexity index is 430. The average Bonchev–Trinajstić information content (AvgIpc) is 2.37. The molecule has 0 bridgehead atoms. The zero-order valence-electron chi connectivity index (χ0n) is 11.4. The first-order valence-electron chi connectivity index (χ1n) is 6.42. The minimum Gasteiger partial charge on any atom is -0.399 e. The van der Waals surface area contributed by atoms with E-state index in [4.69, 9.17) is 10.5 Å². The van der Waals surface area contributed by atoms with Gasteiger partial charge in [0.1, 0.15) is 0 Å². The summed E-state index contributed by atoms with van der Waals surface area (Å²) in [6.45, 7) is 7.21. The molecule has 0 saturated carbocycles. The van der Waals surface area contributed by atoms with Gasteiger partial charge in [-0.25, -0.2) is 0 Å². The highest BCUT2D eigenvalue weighted by atomic mass is 16.5. The van der Waals surface area contributed by atoms with Crippen LogP contribution in [0.25, 0.3) is 0 Å². The molecule has 0 saturated heterocycles. The topological polar surface area (TPSA) is 64.3 Å². The van der Waals surface area contributed by atoms with Crippen molar-refractivity contribution in [2.45, 2.75) is 19.8 Å². The van der Waals surface area contributed by atoms with Gasteiger partial charge >= 0.3 is 0 Å². The van der Waals surface area contributed by atoms with Crippen molar-refractivity contribution >= 4 is 11.6 Å². The van der Waals surface area contributed by atoms with Crippen molar-refractivity contribution in [2.24, 2.45) is 0 Å². The van der Waals surface area contributed by atoms with E-state index in [1.165, 1.54) is 0 Å². The fraction of sp³-hybridized carbons (Fsp3) is 0.400. The fourth-order valence-electron chi connectivity index (χ4n) is 1.61. The van der Waals surface area contributed by atoms with Crippen LogP contribution in [0.2, 0.25) is 0 Å². The Hall–Kier alpha value is -1.81. The van der Waals surface area contributed by atoms with Gasteiger partial charge in [-0.1, -0.05) is 30.4 Å². The highest BCUT2D eigenvalue weighted by Crippen LogP contribution is 2.12. The smallest absolute Gasteiger partial charge is 0.220 e. The number of hydrogen-bond acceptors (Lipinski definition) is 3. The molecular formula is C15H22N2O2. The minimum atomic E-state index is 0.0159. The summed E-state index contributed by atoms with van der Waals surface area (Å²) in [5.41, 5.74) is 8.54. The van der Waals surface area contributed by atoms with E-state index in [1.54, 1.807) is 0 Å². The van der Waals surface area contributed by atoms with Gasteiger partial charge in [-0.05, 0) is 25.0 Å². The van der Waals surface area contributed by atoms with E-state index < -0.39 is 0 Å². The van der Waals surface area contributed by atoms with Gasteiger partial charge in [-0.15, -0.1) is 0 Å². The molecule has 1 amide bonds. The molecule has 0 atom stereocenters. The molecule has 0 fully saturated rings. The second kappa shape index (κ2) is 8.32. The fourth-order valence-corrected chi connectivity index (χ4v) is 1.61. The lowest BCUT2D eigenvalue weighted by molar-refractivity contribution is -0.121. The van der Waals surface area contributed by atoms with Crippen molar-refractivity contribution in [1.82, 2.24) is 5.32 Å². The number of nitrogen functional groups attached to an aromatic ring is 1. The normalized spacial score (nSPS) is 10.2. The summed E-state index contributed by atoms with van der Waals surface area (Å²) in [5, 5.41) is 2.81. The van der Waals surface area contributed by atoms with E-state index in [0.717, 1.165) is 16.8 Å². The van der Waals surface area contributed by atoms with Crippen LogP contribution < -0.4 is 11.1 Å². The molecule has 1 rings (SSSR count). The maximum absolute atomic E-state index is 11.6. The molecule has 104 valence electrons. The van der Waals surface area contributed by atoms with Gasteiger partial charge in [-0.3, -0.25) is 4.79 Å². The predicted molar refractivity (Wildman–Crippen MR) is 77.8 cm³/mol. The van der Waals surface area contributed by atoms with Crippen molar-refractivity contribution in [3.63, 3.8) is 0 Å². The number of ether oxygens (including phenoxy) is 1. The number of carbonyl (C=O) groups excluding carboxylic acids is 1. The van der Waals surface area contributed by atoms with Crippen LogP contribution >= 0.6 is 0 Å².